The first kappa shape index (κ1) is 23.1. The summed E-state index contributed by atoms with van der Waals surface area (Å²) in [7, 11) is 0. The number of hydrogen-bond donors (Lipinski definition) is 0. The van der Waals surface area contributed by atoms with Crippen LogP contribution in [-0.4, -0.2) is 23.1 Å². The Morgan fingerprint density at radius 1 is 1.15 bits per heavy atom. The van der Waals surface area contributed by atoms with Gasteiger partial charge in [0.05, 0.1) is 21.8 Å². The molecule has 7 nitrogen and oxygen atoms in total. The number of carbonyl (C=O) groups excluding carboxylic acids is 2. The summed E-state index contributed by atoms with van der Waals surface area (Å²) < 4.78 is 12.5. The molecule has 1 atom stereocenters. The Kier molecular flexibility index (Phi) is 6.70. The summed E-state index contributed by atoms with van der Waals surface area (Å²) in [6.07, 6.45) is 3.15. The van der Waals surface area contributed by atoms with Crippen LogP contribution in [0.2, 0.25) is 0 Å². The number of hydrogen-bond acceptors (Lipinski definition) is 7. The van der Waals surface area contributed by atoms with Crippen molar-refractivity contribution in [2.75, 3.05) is 6.61 Å². The van der Waals surface area contributed by atoms with Crippen molar-refractivity contribution >= 4 is 29.4 Å². The molecule has 34 heavy (non-hydrogen) atoms. The average Bonchev–Trinajstić information content (AvgIpc) is 3.12. The van der Waals surface area contributed by atoms with Gasteiger partial charge in [-0.25, -0.2) is 9.79 Å². The average molecular weight is 475 g/mol. The van der Waals surface area contributed by atoms with Gasteiger partial charge in [0.25, 0.3) is 5.56 Å². The Hall–Kier alpha value is -4.04. The molecule has 3 aromatic rings. The Bertz CT molecular complexity index is 1480. The molecule has 172 valence electrons. The Balaban J connectivity index is 1.92. The van der Waals surface area contributed by atoms with E-state index in [1.165, 1.54) is 28.9 Å². The molecule has 2 heterocycles. The standard InChI is InChI=1S/C26H22N2O5S/c1-4-14-32-25(31)22-16(2)27-26-28(23(22)18-10-6-5-7-11-18)24(30)21(34-26)15-19-12-8-9-13-20(19)33-17(3)29/h4-13,15,23H,1,14H2,2-3H3/b21-15-. The lowest BCUT2D eigenvalue weighted by Gasteiger charge is -2.24. The van der Waals surface area contributed by atoms with E-state index < -0.39 is 18.0 Å². The molecule has 1 aliphatic heterocycles. The van der Waals surface area contributed by atoms with Crippen molar-refractivity contribution in [3.63, 3.8) is 0 Å². The van der Waals surface area contributed by atoms with Gasteiger partial charge in [0.2, 0.25) is 0 Å². The maximum atomic E-state index is 13.6. The lowest BCUT2D eigenvalue weighted by Crippen LogP contribution is -2.39. The molecular weight excluding hydrogens is 452 g/mol. The highest BCUT2D eigenvalue weighted by molar-refractivity contribution is 7.07. The molecule has 1 aromatic heterocycles. The van der Waals surface area contributed by atoms with Crippen molar-refractivity contribution in [3.8, 4) is 5.75 Å². The van der Waals surface area contributed by atoms with Crippen molar-refractivity contribution in [2.45, 2.75) is 19.9 Å². The van der Waals surface area contributed by atoms with Crippen LogP contribution in [0.15, 0.2) is 88.3 Å². The number of esters is 2. The molecule has 0 N–H and O–H groups in total. The van der Waals surface area contributed by atoms with Crippen LogP contribution in [0.3, 0.4) is 0 Å². The first-order chi connectivity index (χ1) is 16.4. The number of rotatable bonds is 6. The number of benzene rings is 2. The molecule has 1 aliphatic rings. The second kappa shape index (κ2) is 9.84. The highest BCUT2D eigenvalue weighted by Gasteiger charge is 2.33. The van der Waals surface area contributed by atoms with Gasteiger partial charge >= 0.3 is 11.9 Å². The van der Waals surface area contributed by atoms with Crippen LogP contribution in [0.25, 0.3) is 6.08 Å². The van der Waals surface area contributed by atoms with Gasteiger partial charge in [-0.05, 0) is 24.6 Å². The second-order valence-electron chi connectivity index (χ2n) is 7.51. The summed E-state index contributed by atoms with van der Waals surface area (Å²) in [6, 6.07) is 15.5. The van der Waals surface area contributed by atoms with Gasteiger partial charge in [0.1, 0.15) is 12.4 Å². The number of ether oxygens (including phenoxy) is 2. The van der Waals surface area contributed by atoms with Gasteiger partial charge in [-0.15, -0.1) is 0 Å². The smallest absolute Gasteiger partial charge is 0.338 e. The van der Waals surface area contributed by atoms with Crippen molar-refractivity contribution in [2.24, 2.45) is 4.99 Å². The molecule has 0 saturated heterocycles. The van der Waals surface area contributed by atoms with E-state index in [2.05, 4.69) is 11.6 Å². The maximum Gasteiger partial charge on any atom is 0.338 e. The summed E-state index contributed by atoms with van der Waals surface area (Å²) >= 11 is 1.20. The van der Waals surface area contributed by atoms with E-state index >= 15 is 0 Å². The molecule has 0 saturated carbocycles. The highest BCUT2D eigenvalue weighted by atomic mass is 32.1. The lowest BCUT2D eigenvalue weighted by atomic mass is 9.96. The van der Waals surface area contributed by atoms with Crippen molar-refractivity contribution < 1.29 is 19.1 Å². The molecule has 0 spiro atoms. The largest absolute Gasteiger partial charge is 0.458 e. The molecule has 2 aromatic carbocycles. The third-order valence-electron chi connectivity index (χ3n) is 5.15. The topological polar surface area (TPSA) is 87.0 Å². The van der Waals surface area contributed by atoms with Gasteiger partial charge in [0, 0.05) is 12.5 Å². The van der Waals surface area contributed by atoms with Crippen LogP contribution >= 0.6 is 11.3 Å². The van der Waals surface area contributed by atoms with Crippen molar-refractivity contribution in [1.29, 1.82) is 0 Å². The van der Waals surface area contributed by atoms with Crippen molar-refractivity contribution in [3.05, 3.63) is 109 Å². The van der Waals surface area contributed by atoms with Crippen LogP contribution in [0, 0.1) is 0 Å². The maximum absolute atomic E-state index is 13.6. The van der Waals surface area contributed by atoms with Crippen LogP contribution in [0.5, 0.6) is 5.75 Å². The summed E-state index contributed by atoms with van der Waals surface area (Å²) in [5.74, 6) is -0.653. The van der Waals surface area contributed by atoms with E-state index in [1.807, 2.05) is 30.3 Å². The number of para-hydroxylation sites is 1. The normalized spacial score (nSPS) is 15.4. The number of fused-ring (bicyclic) bond motifs is 1. The minimum absolute atomic E-state index is 0.0501. The van der Waals surface area contributed by atoms with E-state index in [0.29, 0.717) is 31.9 Å². The Morgan fingerprint density at radius 2 is 1.85 bits per heavy atom. The minimum Gasteiger partial charge on any atom is -0.458 e. The third-order valence-corrected chi connectivity index (χ3v) is 6.13. The van der Waals surface area contributed by atoms with Crippen LogP contribution < -0.4 is 19.6 Å². The molecule has 0 bridgehead atoms. The second-order valence-corrected chi connectivity index (χ2v) is 8.52. The lowest BCUT2D eigenvalue weighted by molar-refractivity contribution is -0.138. The Labute approximate surface area is 199 Å². The fourth-order valence-electron chi connectivity index (χ4n) is 3.73. The zero-order valence-electron chi connectivity index (χ0n) is 18.7. The first-order valence-electron chi connectivity index (χ1n) is 10.5. The van der Waals surface area contributed by atoms with Gasteiger partial charge in [-0.1, -0.05) is 72.5 Å². The van der Waals surface area contributed by atoms with E-state index in [-0.39, 0.29) is 12.2 Å². The summed E-state index contributed by atoms with van der Waals surface area (Å²) in [5.41, 5.74) is 1.82. The van der Waals surface area contributed by atoms with Crippen LogP contribution in [0.1, 0.15) is 31.0 Å². The van der Waals surface area contributed by atoms with E-state index in [1.54, 1.807) is 37.3 Å². The Morgan fingerprint density at radius 3 is 2.56 bits per heavy atom. The molecular formula is C26H22N2O5S. The van der Waals surface area contributed by atoms with Gasteiger partial charge < -0.3 is 9.47 Å². The molecule has 0 amide bonds. The van der Waals surface area contributed by atoms with Gasteiger partial charge in [0.15, 0.2) is 4.80 Å². The monoisotopic (exact) mass is 474 g/mol. The van der Waals surface area contributed by atoms with Gasteiger partial charge in [-0.2, -0.15) is 0 Å². The fraction of sp³-hybridized carbons (Fsp3) is 0.154. The molecule has 0 fully saturated rings. The number of allylic oxidation sites excluding steroid dienone is 1. The van der Waals surface area contributed by atoms with Crippen LogP contribution in [-0.2, 0) is 14.3 Å². The number of nitrogens with zero attached hydrogens (tertiary/aromatic N) is 2. The number of carbonyl (C=O) groups is 2. The number of thiazole rings is 1. The predicted octanol–water partition coefficient (Wildman–Crippen LogP) is 2.89. The van der Waals surface area contributed by atoms with Crippen LogP contribution in [0.4, 0.5) is 0 Å². The molecule has 0 radical (unpaired) electrons. The van der Waals surface area contributed by atoms with Gasteiger partial charge in [-0.3, -0.25) is 14.2 Å². The molecule has 1 unspecified atom stereocenters. The zero-order valence-corrected chi connectivity index (χ0v) is 19.5. The summed E-state index contributed by atoms with van der Waals surface area (Å²) in [6.45, 7) is 6.69. The number of aromatic nitrogens is 1. The van der Waals surface area contributed by atoms with Crippen molar-refractivity contribution in [1.82, 2.24) is 4.57 Å². The summed E-state index contributed by atoms with van der Waals surface area (Å²) in [4.78, 5) is 43.1. The van der Waals surface area contributed by atoms with E-state index in [4.69, 9.17) is 9.47 Å². The third kappa shape index (κ3) is 4.53. The fourth-order valence-corrected chi connectivity index (χ4v) is 4.77. The summed E-state index contributed by atoms with van der Waals surface area (Å²) in [5, 5.41) is 0. The predicted molar refractivity (Wildman–Crippen MR) is 129 cm³/mol. The highest BCUT2D eigenvalue weighted by Crippen LogP contribution is 2.30. The first-order valence-corrected chi connectivity index (χ1v) is 11.4. The quantitative estimate of drug-likeness (QED) is 0.312. The van der Waals surface area contributed by atoms with E-state index in [0.717, 1.165) is 5.56 Å². The zero-order chi connectivity index (χ0) is 24.2. The molecule has 0 aliphatic carbocycles. The molecule has 8 heteroatoms. The van der Waals surface area contributed by atoms with E-state index in [9.17, 15) is 14.4 Å². The molecule has 4 rings (SSSR count). The SMILES string of the molecule is C=CCOC(=O)C1=C(C)N=c2s/c(=C\c3ccccc3OC(C)=O)c(=O)n2C1c1ccccc1. The minimum atomic E-state index is -0.694.